The molecular weight excluding hydrogens is 224 g/mol. The van der Waals surface area contributed by atoms with Gasteiger partial charge in [0.1, 0.15) is 0 Å². The Hall–Kier alpha value is -0.570. The summed E-state index contributed by atoms with van der Waals surface area (Å²) in [7, 11) is 1.97. The molecule has 1 amide bonds. The molecule has 0 radical (unpaired) electrons. The van der Waals surface area contributed by atoms with Gasteiger partial charge in [-0.25, -0.2) is 0 Å². The van der Waals surface area contributed by atoms with Crippen LogP contribution in [0.2, 0.25) is 0 Å². The molecular formula is C15H24N2O. The van der Waals surface area contributed by atoms with Crippen LogP contribution in [0.25, 0.3) is 0 Å². The maximum Gasteiger partial charge on any atom is 0.240 e. The zero-order chi connectivity index (χ0) is 12.3. The lowest BCUT2D eigenvalue weighted by Gasteiger charge is -2.60. The fourth-order valence-corrected chi connectivity index (χ4v) is 5.80. The van der Waals surface area contributed by atoms with Crippen LogP contribution in [0.1, 0.15) is 38.5 Å². The lowest BCUT2D eigenvalue weighted by molar-refractivity contribution is -0.147. The van der Waals surface area contributed by atoms with Crippen LogP contribution in [-0.4, -0.2) is 37.0 Å². The molecule has 1 heterocycles. The van der Waals surface area contributed by atoms with Crippen LogP contribution < -0.4 is 5.32 Å². The van der Waals surface area contributed by atoms with Crippen molar-refractivity contribution in [1.82, 2.24) is 10.2 Å². The van der Waals surface area contributed by atoms with E-state index in [1.165, 1.54) is 38.5 Å². The Morgan fingerprint density at radius 2 is 1.67 bits per heavy atom. The number of nitrogens with zero attached hydrogens (tertiary/aromatic N) is 1. The third kappa shape index (κ3) is 1.49. The molecule has 5 fully saturated rings. The number of hydrogen-bond donors (Lipinski definition) is 1. The number of nitrogens with one attached hydrogen (secondary N) is 1. The SMILES string of the molecule is CN1CCNC(C23CC4CC(CC(C4)C2)C3)C1=O. The highest BCUT2D eigenvalue weighted by atomic mass is 16.2. The maximum absolute atomic E-state index is 12.5. The average molecular weight is 248 g/mol. The first-order valence-corrected chi connectivity index (χ1v) is 7.65. The summed E-state index contributed by atoms with van der Waals surface area (Å²) in [4.78, 5) is 14.4. The number of amides is 1. The number of carbonyl (C=O) groups excluding carboxylic acids is 1. The maximum atomic E-state index is 12.5. The summed E-state index contributed by atoms with van der Waals surface area (Å²) in [5, 5.41) is 3.57. The summed E-state index contributed by atoms with van der Waals surface area (Å²) in [5.41, 5.74) is 0.320. The molecule has 0 aromatic heterocycles. The molecule has 1 atom stereocenters. The largest absolute Gasteiger partial charge is 0.343 e. The molecule has 5 rings (SSSR count). The lowest BCUT2D eigenvalue weighted by atomic mass is 9.47. The Labute approximate surface area is 109 Å². The van der Waals surface area contributed by atoms with E-state index >= 15 is 0 Å². The predicted molar refractivity (Wildman–Crippen MR) is 70.0 cm³/mol. The van der Waals surface area contributed by atoms with Gasteiger partial charge in [-0.05, 0) is 61.7 Å². The minimum atomic E-state index is 0.129. The first-order valence-electron chi connectivity index (χ1n) is 7.65. The number of likely N-dealkylation sites (N-methyl/N-ethyl adjacent to an activating group) is 1. The topological polar surface area (TPSA) is 32.3 Å². The summed E-state index contributed by atoms with van der Waals surface area (Å²) in [6.45, 7) is 1.86. The Balaban J connectivity index is 1.65. The van der Waals surface area contributed by atoms with Gasteiger partial charge in [-0.2, -0.15) is 0 Å². The zero-order valence-corrected chi connectivity index (χ0v) is 11.3. The van der Waals surface area contributed by atoms with Crippen molar-refractivity contribution in [3.05, 3.63) is 0 Å². The third-order valence-corrected chi connectivity index (χ3v) is 6.12. The van der Waals surface area contributed by atoms with Crippen LogP contribution in [0, 0.1) is 23.2 Å². The molecule has 1 unspecified atom stereocenters. The molecule has 100 valence electrons. The van der Waals surface area contributed by atoms with Crippen molar-refractivity contribution in [3.8, 4) is 0 Å². The van der Waals surface area contributed by atoms with Crippen molar-refractivity contribution in [1.29, 1.82) is 0 Å². The molecule has 4 aliphatic carbocycles. The van der Waals surface area contributed by atoms with Gasteiger partial charge >= 0.3 is 0 Å². The Morgan fingerprint density at radius 1 is 1.11 bits per heavy atom. The van der Waals surface area contributed by atoms with Crippen molar-refractivity contribution in [2.75, 3.05) is 20.1 Å². The standard InChI is InChI=1S/C15H24N2O/c1-17-3-2-16-13(14(17)18)15-7-10-4-11(8-15)6-12(5-10)9-15/h10-13,16H,2-9H2,1H3. The summed E-state index contributed by atoms with van der Waals surface area (Å²) in [6, 6.07) is 0.129. The molecule has 0 aromatic carbocycles. The van der Waals surface area contributed by atoms with Crippen LogP contribution in [-0.2, 0) is 4.79 Å². The first-order chi connectivity index (χ1) is 8.66. The quantitative estimate of drug-likeness (QED) is 0.765. The van der Waals surface area contributed by atoms with Gasteiger partial charge in [0, 0.05) is 20.1 Å². The Morgan fingerprint density at radius 3 is 2.22 bits per heavy atom. The highest BCUT2D eigenvalue weighted by Crippen LogP contribution is 2.61. The molecule has 4 bridgehead atoms. The summed E-state index contributed by atoms with van der Waals surface area (Å²) in [6.07, 6.45) is 8.31. The van der Waals surface area contributed by atoms with Crippen LogP contribution in [0.5, 0.6) is 0 Å². The molecule has 3 heteroatoms. The van der Waals surface area contributed by atoms with E-state index in [1.54, 1.807) is 0 Å². The van der Waals surface area contributed by atoms with E-state index in [2.05, 4.69) is 5.32 Å². The van der Waals surface area contributed by atoms with Gasteiger partial charge in [-0.3, -0.25) is 4.79 Å². The average Bonchev–Trinajstić information content (AvgIpc) is 2.30. The van der Waals surface area contributed by atoms with Crippen LogP contribution in [0.15, 0.2) is 0 Å². The normalized spacial score (nSPS) is 50.9. The van der Waals surface area contributed by atoms with Crippen LogP contribution >= 0.6 is 0 Å². The summed E-state index contributed by atoms with van der Waals surface area (Å²) < 4.78 is 0. The second-order valence-electron chi connectivity index (χ2n) is 7.43. The molecule has 1 saturated heterocycles. The number of piperazine rings is 1. The molecule has 18 heavy (non-hydrogen) atoms. The van der Waals surface area contributed by atoms with E-state index in [0.717, 1.165) is 30.8 Å². The molecule has 3 nitrogen and oxygen atoms in total. The van der Waals surface area contributed by atoms with Crippen molar-refractivity contribution < 1.29 is 4.79 Å². The van der Waals surface area contributed by atoms with Gasteiger partial charge in [0.2, 0.25) is 5.91 Å². The van der Waals surface area contributed by atoms with E-state index in [-0.39, 0.29) is 6.04 Å². The fourth-order valence-electron chi connectivity index (χ4n) is 5.80. The lowest BCUT2D eigenvalue weighted by Crippen LogP contribution is -2.64. The van der Waals surface area contributed by atoms with Crippen LogP contribution in [0.3, 0.4) is 0 Å². The second-order valence-corrected chi connectivity index (χ2v) is 7.43. The van der Waals surface area contributed by atoms with E-state index in [1.807, 2.05) is 11.9 Å². The van der Waals surface area contributed by atoms with Gasteiger partial charge in [0.15, 0.2) is 0 Å². The Kier molecular flexibility index (Phi) is 2.33. The van der Waals surface area contributed by atoms with Gasteiger partial charge in [-0.15, -0.1) is 0 Å². The van der Waals surface area contributed by atoms with Gasteiger partial charge < -0.3 is 10.2 Å². The molecule has 1 N–H and O–H groups in total. The highest BCUT2D eigenvalue weighted by molar-refractivity contribution is 5.83. The van der Waals surface area contributed by atoms with Crippen molar-refractivity contribution in [3.63, 3.8) is 0 Å². The zero-order valence-electron chi connectivity index (χ0n) is 11.3. The summed E-state index contributed by atoms with van der Waals surface area (Å²) in [5.74, 6) is 3.15. The number of rotatable bonds is 1. The van der Waals surface area contributed by atoms with E-state index in [0.29, 0.717) is 11.3 Å². The van der Waals surface area contributed by atoms with Gasteiger partial charge in [-0.1, -0.05) is 0 Å². The fraction of sp³-hybridized carbons (Fsp3) is 0.933. The second kappa shape index (κ2) is 3.72. The molecule has 1 aliphatic heterocycles. The van der Waals surface area contributed by atoms with Crippen molar-refractivity contribution in [2.24, 2.45) is 23.2 Å². The highest BCUT2D eigenvalue weighted by Gasteiger charge is 2.56. The first kappa shape index (κ1) is 11.3. The van der Waals surface area contributed by atoms with Gasteiger partial charge in [0.05, 0.1) is 6.04 Å². The smallest absolute Gasteiger partial charge is 0.240 e. The van der Waals surface area contributed by atoms with Crippen molar-refractivity contribution >= 4 is 5.91 Å². The molecule has 5 aliphatic rings. The molecule has 0 aromatic rings. The minimum Gasteiger partial charge on any atom is -0.343 e. The predicted octanol–water partition coefficient (Wildman–Crippen LogP) is 1.63. The molecule has 4 saturated carbocycles. The summed E-state index contributed by atoms with van der Waals surface area (Å²) >= 11 is 0. The molecule has 0 spiro atoms. The van der Waals surface area contributed by atoms with E-state index in [4.69, 9.17) is 0 Å². The number of hydrogen-bond acceptors (Lipinski definition) is 2. The third-order valence-electron chi connectivity index (χ3n) is 6.12. The Bertz CT molecular complexity index is 343. The monoisotopic (exact) mass is 248 g/mol. The van der Waals surface area contributed by atoms with Crippen molar-refractivity contribution in [2.45, 2.75) is 44.6 Å². The minimum absolute atomic E-state index is 0.129. The number of carbonyl (C=O) groups is 1. The van der Waals surface area contributed by atoms with E-state index in [9.17, 15) is 4.79 Å². The van der Waals surface area contributed by atoms with Gasteiger partial charge in [0.25, 0.3) is 0 Å². The van der Waals surface area contributed by atoms with E-state index < -0.39 is 0 Å². The van der Waals surface area contributed by atoms with Crippen LogP contribution in [0.4, 0.5) is 0 Å².